The van der Waals surface area contributed by atoms with Crippen LogP contribution in [0, 0.1) is 0 Å². The van der Waals surface area contributed by atoms with E-state index in [4.69, 9.17) is 9.47 Å². The Morgan fingerprint density at radius 2 is 1.52 bits per heavy atom. The molecule has 0 aliphatic rings. The molecule has 3 rings (SSSR count). The van der Waals surface area contributed by atoms with Crippen LogP contribution < -0.4 is 20.1 Å². The highest BCUT2D eigenvalue weighted by molar-refractivity contribution is 7.18. The molecule has 0 aliphatic carbocycles. The topological polar surface area (TPSA) is 102 Å². The minimum atomic E-state index is -0.752. The zero-order chi connectivity index (χ0) is 20.8. The van der Waals surface area contributed by atoms with Crippen molar-refractivity contribution in [2.24, 2.45) is 0 Å². The van der Waals surface area contributed by atoms with Gasteiger partial charge in [0.2, 0.25) is 11.0 Å². The Morgan fingerprint density at radius 3 is 2.10 bits per heavy atom. The second-order valence-corrected chi connectivity index (χ2v) is 7.03. The summed E-state index contributed by atoms with van der Waals surface area (Å²) in [5.41, 5.74) is 1.30. The summed E-state index contributed by atoms with van der Waals surface area (Å²) in [6, 6.07) is 13.2. The molecule has 2 amide bonds. The van der Waals surface area contributed by atoms with Gasteiger partial charge < -0.3 is 14.8 Å². The molecule has 2 aromatic carbocycles. The predicted molar refractivity (Wildman–Crippen MR) is 110 cm³/mol. The number of anilines is 1. The summed E-state index contributed by atoms with van der Waals surface area (Å²) in [7, 11) is 3.15. The van der Waals surface area contributed by atoms with Crippen LogP contribution in [0.15, 0.2) is 48.5 Å². The Hall–Kier alpha value is -3.46. The molecule has 1 aromatic heterocycles. The number of carbonyl (C=O) groups is 2. The van der Waals surface area contributed by atoms with Crippen molar-refractivity contribution in [1.82, 2.24) is 15.5 Å². The fraction of sp³-hybridized carbons (Fsp3) is 0.200. The van der Waals surface area contributed by atoms with Crippen molar-refractivity contribution in [3.05, 3.63) is 54.1 Å². The zero-order valence-electron chi connectivity index (χ0n) is 16.1. The van der Waals surface area contributed by atoms with E-state index in [1.54, 1.807) is 45.4 Å². The highest BCUT2D eigenvalue weighted by Gasteiger charge is 2.18. The average Bonchev–Trinajstić information content (AvgIpc) is 3.22. The van der Waals surface area contributed by atoms with Gasteiger partial charge in [-0.3, -0.25) is 14.9 Å². The van der Waals surface area contributed by atoms with Gasteiger partial charge in [0.1, 0.15) is 22.5 Å². The van der Waals surface area contributed by atoms with E-state index in [1.165, 1.54) is 11.3 Å². The Balaban J connectivity index is 1.59. The third-order valence-electron chi connectivity index (χ3n) is 4.09. The molecule has 0 bridgehead atoms. The largest absolute Gasteiger partial charge is 0.497 e. The van der Waals surface area contributed by atoms with Crippen LogP contribution in [0.1, 0.15) is 17.3 Å². The number of hydrogen-bond donors (Lipinski definition) is 2. The van der Waals surface area contributed by atoms with Crippen LogP contribution in [0.2, 0.25) is 0 Å². The van der Waals surface area contributed by atoms with Crippen molar-refractivity contribution in [2.45, 2.75) is 13.0 Å². The standard InChI is InChI=1S/C20H20N4O4S/c1-12(21-18(26)13-4-8-15(27-2)9-5-13)17(25)22-20-24-23-19(29-20)14-6-10-16(28-3)11-7-14/h4-12H,1-3H3,(H,21,26)(H,22,24,25)/t12-/m1/s1. The van der Waals surface area contributed by atoms with Gasteiger partial charge in [0.05, 0.1) is 14.2 Å². The predicted octanol–water partition coefficient (Wildman–Crippen LogP) is 2.98. The molecule has 0 saturated carbocycles. The summed E-state index contributed by atoms with van der Waals surface area (Å²) in [6.07, 6.45) is 0. The number of benzene rings is 2. The first-order valence-electron chi connectivity index (χ1n) is 8.74. The van der Waals surface area contributed by atoms with Crippen LogP contribution >= 0.6 is 11.3 Å². The number of nitrogens with zero attached hydrogens (tertiary/aromatic N) is 2. The van der Waals surface area contributed by atoms with Gasteiger partial charge in [-0.1, -0.05) is 11.3 Å². The molecule has 0 spiro atoms. The van der Waals surface area contributed by atoms with Crippen molar-refractivity contribution in [2.75, 3.05) is 19.5 Å². The summed E-state index contributed by atoms with van der Waals surface area (Å²) < 4.78 is 10.2. The lowest BCUT2D eigenvalue weighted by Gasteiger charge is -2.13. The van der Waals surface area contributed by atoms with E-state index in [1.807, 2.05) is 24.3 Å². The molecule has 0 saturated heterocycles. The zero-order valence-corrected chi connectivity index (χ0v) is 16.9. The molecule has 0 radical (unpaired) electrons. The number of rotatable bonds is 7. The molecule has 2 N–H and O–H groups in total. The van der Waals surface area contributed by atoms with Crippen LogP contribution in [-0.2, 0) is 4.79 Å². The average molecular weight is 412 g/mol. The minimum Gasteiger partial charge on any atom is -0.497 e. The maximum atomic E-state index is 12.4. The fourth-order valence-electron chi connectivity index (χ4n) is 2.43. The summed E-state index contributed by atoms with van der Waals surface area (Å²) in [4.78, 5) is 24.7. The number of carbonyl (C=O) groups excluding carboxylic acids is 2. The number of ether oxygens (including phenoxy) is 2. The van der Waals surface area contributed by atoms with E-state index >= 15 is 0 Å². The van der Waals surface area contributed by atoms with E-state index in [0.29, 0.717) is 21.5 Å². The van der Waals surface area contributed by atoms with E-state index < -0.39 is 6.04 Å². The number of methoxy groups -OCH3 is 2. The maximum Gasteiger partial charge on any atom is 0.251 e. The van der Waals surface area contributed by atoms with Gasteiger partial charge in [-0.2, -0.15) is 0 Å². The molecule has 8 nitrogen and oxygen atoms in total. The van der Waals surface area contributed by atoms with Gasteiger partial charge in [-0.25, -0.2) is 0 Å². The third kappa shape index (κ3) is 5.08. The van der Waals surface area contributed by atoms with Gasteiger partial charge in [0.15, 0.2) is 0 Å². The Bertz CT molecular complexity index is 986. The molecular formula is C20H20N4O4S. The molecular weight excluding hydrogens is 392 g/mol. The third-order valence-corrected chi connectivity index (χ3v) is 4.97. The smallest absolute Gasteiger partial charge is 0.251 e. The fourth-order valence-corrected chi connectivity index (χ4v) is 3.18. The van der Waals surface area contributed by atoms with Crippen LogP contribution in [0.25, 0.3) is 10.6 Å². The quantitative estimate of drug-likeness (QED) is 0.619. The van der Waals surface area contributed by atoms with Gasteiger partial charge in [0, 0.05) is 11.1 Å². The molecule has 29 heavy (non-hydrogen) atoms. The van der Waals surface area contributed by atoms with Gasteiger partial charge in [0.25, 0.3) is 5.91 Å². The van der Waals surface area contributed by atoms with Gasteiger partial charge in [-0.15, -0.1) is 10.2 Å². The first-order chi connectivity index (χ1) is 14.0. The molecule has 150 valence electrons. The minimum absolute atomic E-state index is 0.353. The summed E-state index contributed by atoms with van der Waals surface area (Å²) in [6.45, 7) is 1.60. The number of hydrogen-bond acceptors (Lipinski definition) is 7. The van der Waals surface area contributed by atoms with Gasteiger partial charge >= 0.3 is 0 Å². The second kappa shape index (κ2) is 9.16. The van der Waals surface area contributed by atoms with E-state index in [9.17, 15) is 9.59 Å². The van der Waals surface area contributed by atoms with Crippen LogP contribution in [-0.4, -0.2) is 42.3 Å². The summed E-state index contributed by atoms with van der Waals surface area (Å²) >= 11 is 1.24. The van der Waals surface area contributed by atoms with Crippen molar-refractivity contribution in [3.63, 3.8) is 0 Å². The maximum absolute atomic E-state index is 12.4. The molecule has 0 unspecified atom stereocenters. The van der Waals surface area contributed by atoms with E-state index in [2.05, 4.69) is 20.8 Å². The molecule has 1 heterocycles. The lowest BCUT2D eigenvalue weighted by molar-refractivity contribution is -0.117. The Morgan fingerprint density at radius 1 is 0.931 bits per heavy atom. The van der Waals surface area contributed by atoms with Crippen molar-refractivity contribution >= 4 is 28.3 Å². The number of amides is 2. The number of aromatic nitrogens is 2. The highest BCUT2D eigenvalue weighted by atomic mass is 32.1. The molecule has 0 aliphatic heterocycles. The van der Waals surface area contributed by atoms with Crippen molar-refractivity contribution < 1.29 is 19.1 Å². The highest BCUT2D eigenvalue weighted by Crippen LogP contribution is 2.27. The summed E-state index contributed by atoms with van der Waals surface area (Å²) in [5.74, 6) is 0.653. The van der Waals surface area contributed by atoms with E-state index in [-0.39, 0.29) is 11.8 Å². The molecule has 1 atom stereocenters. The van der Waals surface area contributed by atoms with Crippen molar-refractivity contribution in [3.8, 4) is 22.1 Å². The monoisotopic (exact) mass is 412 g/mol. The van der Waals surface area contributed by atoms with E-state index in [0.717, 1.165) is 11.3 Å². The lowest BCUT2D eigenvalue weighted by atomic mass is 10.2. The normalized spacial score (nSPS) is 11.4. The molecule has 0 fully saturated rings. The van der Waals surface area contributed by atoms with Crippen molar-refractivity contribution in [1.29, 1.82) is 0 Å². The Kier molecular flexibility index (Phi) is 6.40. The Labute approximate surface area is 171 Å². The van der Waals surface area contributed by atoms with Crippen LogP contribution in [0.3, 0.4) is 0 Å². The molecule has 9 heteroatoms. The SMILES string of the molecule is COc1ccc(C(=O)N[C@H](C)C(=O)Nc2nnc(-c3ccc(OC)cc3)s2)cc1. The number of nitrogens with one attached hydrogen (secondary N) is 2. The second-order valence-electron chi connectivity index (χ2n) is 6.05. The lowest BCUT2D eigenvalue weighted by Crippen LogP contribution is -2.41. The van der Waals surface area contributed by atoms with Gasteiger partial charge in [-0.05, 0) is 55.5 Å². The first kappa shape index (κ1) is 20.3. The summed E-state index contributed by atoms with van der Waals surface area (Å²) in [5, 5.41) is 14.4. The van der Waals surface area contributed by atoms with Crippen LogP contribution in [0.5, 0.6) is 11.5 Å². The van der Waals surface area contributed by atoms with Crippen LogP contribution in [0.4, 0.5) is 5.13 Å². The first-order valence-corrected chi connectivity index (χ1v) is 9.55. The molecule has 3 aromatic rings.